The Morgan fingerprint density at radius 3 is 2.42 bits per heavy atom. The maximum Gasteiger partial charge on any atom is 0.338 e. The Labute approximate surface area is 142 Å². The number of unbranched alkanes of at least 4 members (excludes halogenated alkanes) is 2. The van der Waals surface area contributed by atoms with Gasteiger partial charge >= 0.3 is 5.97 Å². The van der Waals surface area contributed by atoms with Crippen LogP contribution in [0.3, 0.4) is 0 Å². The molecule has 0 bridgehead atoms. The summed E-state index contributed by atoms with van der Waals surface area (Å²) in [6, 6.07) is 14.1. The molecule has 0 saturated heterocycles. The van der Waals surface area contributed by atoms with Gasteiger partial charge in [-0.25, -0.2) is 4.79 Å². The average molecular weight is 325 g/mol. The number of benzene rings is 2. The van der Waals surface area contributed by atoms with Crippen LogP contribution in [0, 0.1) is 6.92 Å². The van der Waals surface area contributed by atoms with Crippen molar-refractivity contribution in [2.24, 2.45) is 0 Å². The molecule has 1 N–H and O–H groups in total. The van der Waals surface area contributed by atoms with Crippen molar-refractivity contribution >= 4 is 17.6 Å². The molecule has 0 aromatic heterocycles. The maximum atomic E-state index is 12.2. The zero-order chi connectivity index (χ0) is 17.4. The van der Waals surface area contributed by atoms with Crippen molar-refractivity contribution in [2.45, 2.75) is 33.1 Å². The van der Waals surface area contributed by atoms with E-state index in [1.54, 1.807) is 30.3 Å². The van der Waals surface area contributed by atoms with Gasteiger partial charge in [0.1, 0.15) is 0 Å². The lowest BCUT2D eigenvalue weighted by Gasteiger charge is -2.08. The van der Waals surface area contributed by atoms with Crippen molar-refractivity contribution in [3.63, 3.8) is 0 Å². The molecule has 0 aliphatic rings. The summed E-state index contributed by atoms with van der Waals surface area (Å²) in [5.41, 5.74) is 2.77. The molecule has 0 saturated carbocycles. The molecule has 0 heterocycles. The second-order valence-corrected chi connectivity index (χ2v) is 5.74. The summed E-state index contributed by atoms with van der Waals surface area (Å²) in [6.45, 7) is 4.49. The number of hydrogen-bond acceptors (Lipinski definition) is 3. The fourth-order valence-corrected chi connectivity index (χ4v) is 2.28. The summed E-state index contributed by atoms with van der Waals surface area (Å²) in [6.07, 6.45) is 3.02. The fraction of sp³-hybridized carbons (Fsp3) is 0.300. The van der Waals surface area contributed by atoms with E-state index in [9.17, 15) is 9.59 Å². The number of nitrogens with one attached hydrogen (secondary N) is 1. The molecular formula is C20H23NO3. The van der Waals surface area contributed by atoms with Crippen LogP contribution in [0.2, 0.25) is 0 Å². The lowest BCUT2D eigenvalue weighted by molar-refractivity contribution is 0.0498. The van der Waals surface area contributed by atoms with E-state index in [2.05, 4.69) is 12.2 Å². The zero-order valence-electron chi connectivity index (χ0n) is 14.2. The van der Waals surface area contributed by atoms with Gasteiger partial charge in [-0.3, -0.25) is 4.79 Å². The maximum absolute atomic E-state index is 12.2. The molecule has 0 unspecified atom stereocenters. The molecule has 1 amide bonds. The Morgan fingerprint density at radius 1 is 1.00 bits per heavy atom. The normalized spacial score (nSPS) is 10.2. The Kier molecular flexibility index (Phi) is 6.55. The Bertz CT molecular complexity index is 692. The number of esters is 1. The first kappa shape index (κ1) is 17.7. The van der Waals surface area contributed by atoms with E-state index in [4.69, 9.17) is 4.74 Å². The van der Waals surface area contributed by atoms with Gasteiger partial charge in [-0.2, -0.15) is 0 Å². The predicted octanol–water partition coefficient (Wildman–Crippen LogP) is 4.59. The number of rotatable bonds is 7. The van der Waals surface area contributed by atoms with Crippen molar-refractivity contribution in [3.05, 3.63) is 65.2 Å². The lowest BCUT2D eigenvalue weighted by Crippen LogP contribution is -2.12. The summed E-state index contributed by atoms with van der Waals surface area (Å²) in [7, 11) is 0. The minimum absolute atomic E-state index is 0.173. The van der Waals surface area contributed by atoms with Crippen LogP contribution >= 0.6 is 0 Å². The van der Waals surface area contributed by atoms with Crippen LogP contribution < -0.4 is 5.32 Å². The third-order valence-electron chi connectivity index (χ3n) is 3.64. The van der Waals surface area contributed by atoms with Crippen LogP contribution in [0.1, 0.15) is 52.5 Å². The molecular weight excluding hydrogens is 302 g/mol. The molecule has 0 aliphatic carbocycles. The number of hydrogen-bond donors (Lipinski definition) is 1. The van der Waals surface area contributed by atoms with Crippen molar-refractivity contribution in [3.8, 4) is 0 Å². The van der Waals surface area contributed by atoms with E-state index in [1.807, 2.05) is 25.1 Å². The van der Waals surface area contributed by atoms with Crippen LogP contribution in [0.4, 0.5) is 5.69 Å². The molecule has 0 fully saturated rings. The largest absolute Gasteiger partial charge is 0.462 e. The summed E-state index contributed by atoms with van der Waals surface area (Å²) in [4.78, 5) is 24.1. The lowest BCUT2D eigenvalue weighted by atomic mass is 10.1. The quantitative estimate of drug-likeness (QED) is 0.598. The highest BCUT2D eigenvalue weighted by atomic mass is 16.5. The highest BCUT2D eigenvalue weighted by Gasteiger charge is 2.09. The van der Waals surface area contributed by atoms with E-state index in [0.717, 1.165) is 24.8 Å². The summed E-state index contributed by atoms with van der Waals surface area (Å²) in [5.74, 6) is -0.503. The minimum Gasteiger partial charge on any atom is -0.462 e. The predicted molar refractivity (Wildman–Crippen MR) is 95.4 cm³/mol. The number of aryl methyl sites for hydroxylation is 1. The number of amides is 1. The number of ether oxygens (including phenoxy) is 1. The third kappa shape index (κ3) is 5.23. The number of anilines is 1. The zero-order valence-corrected chi connectivity index (χ0v) is 14.2. The monoisotopic (exact) mass is 325 g/mol. The molecule has 126 valence electrons. The van der Waals surface area contributed by atoms with E-state index in [-0.39, 0.29) is 11.9 Å². The smallest absolute Gasteiger partial charge is 0.338 e. The molecule has 2 aromatic rings. The topological polar surface area (TPSA) is 55.4 Å². The molecule has 0 aliphatic heterocycles. The number of carbonyl (C=O) groups excluding carboxylic acids is 2. The van der Waals surface area contributed by atoms with E-state index >= 15 is 0 Å². The highest BCUT2D eigenvalue weighted by Crippen LogP contribution is 2.13. The van der Waals surface area contributed by atoms with Gasteiger partial charge in [0.15, 0.2) is 0 Å². The van der Waals surface area contributed by atoms with Crippen molar-refractivity contribution < 1.29 is 14.3 Å². The van der Waals surface area contributed by atoms with Crippen molar-refractivity contribution in [1.29, 1.82) is 0 Å². The SMILES string of the molecule is CCCCCOC(=O)c1ccc(NC(=O)c2cccc(C)c2)cc1. The van der Waals surface area contributed by atoms with Gasteiger partial charge < -0.3 is 10.1 Å². The van der Waals surface area contributed by atoms with Gasteiger partial charge in [0.2, 0.25) is 0 Å². The summed E-state index contributed by atoms with van der Waals surface area (Å²) < 4.78 is 5.21. The van der Waals surface area contributed by atoms with Gasteiger partial charge in [0.05, 0.1) is 12.2 Å². The van der Waals surface area contributed by atoms with Crippen LogP contribution in [-0.2, 0) is 4.74 Å². The first-order valence-corrected chi connectivity index (χ1v) is 8.25. The number of carbonyl (C=O) groups is 2. The van der Waals surface area contributed by atoms with Crippen molar-refractivity contribution in [1.82, 2.24) is 0 Å². The van der Waals surface area contributed by atoms with Gasteiger partial charge in [-0.15, -0.1) is 0 Å². The average Bonchev–Trinajstić information content (AvgIpc) is 2.59. The van der Waals surface area contributed by atoms with Gasteiger partial charge in [-0.1, -0.05) is 37.5 Å². The Hall–Kier alpha value is -2.62. The third-order valence-corrected chi connectivity index (χ3v) is 3.64. The van der Waals surface area contributed by atoms with Crippen LogP contribution in [0.15, 0.2) is 48.5 Å². The summed E-state index contributed by atoms with van der Waals surface area (Å²) in [5, 5.41) is 2.82. The molecule has 24 heavy (non-hydrogen) atoms. The molecule has 4 nitrogen and oxygen atoms in total. The van der Waals surface area contributed by atoms with E-state index in [1.165, 1.54) is 0 Å². The van der Waals surface area contributed by atoms with Crippen LogP contribution in [0.5, 0.6) is 0 Å². The highest BCUT2D eigenvalue weighted by molar-refractivity contribution is 6.04. The molecule has 0 radical (unpaired) electrons. The van der Waals surface area contributed by atoms with Gasteiger partial charge in [0, 0.05) is 11.3 Å². The van der Waals surface area contributed by atoms with Gasteiger partial charge in [0.25, 0.3) is 5.91 Å². The van der Waals surface area contributed by atoms with Crippen molar-refractivity contribution in [2.75, 3.05) is 11.9 Å². The minimum atomic E-state index is -0.331. The van der Waals surface area contributed by atoms with Crippen LogP contribution in [0.25, 0.3) is 0 Å². The first-order valence-electron chi connectivity index (χ1n) is 8.25. The van der Waals surface area contributed by atoms with E-state index in [0.29, 0.717) is 23.4 Å². The second-order valence-electron chi connectivity index (χ2n) is 5.74. The van der Waals surface area contributed by atoms with Gasteiger partial charge in [-0.05, 0) is 49.7 Å². The standard InChI is InChI=1S/C20H23NO3/c1-3-4-5-13-24-20(23)16-9-11-18(12-10-16)21-19(22)17-8-6-7-15(2)14-17/h6-12,14H,3-5,13H2,1-2H3,(H,21,22). The molecule has 2 aromatic carbocycles. The van der Waals surface area contributed by atoms with Crippen LogP contribution in [-0.4, -0.2) is 18.5 Å². The Balaban J connectivity index is 1.92. The summed E-state index contributed by atoms with van der Waals surface area (Å²) >= 11 is 0. The molecule has 4 heteroatoms. The first-order chi connectivity index (χ1) is 11.6. The van der Waals surface area contributed by atoms with E-state index < -0.39 is 0 Å². The second kappa shape index (κ2) is 8.87. The fourth-order valence-electron chi connectivity index (χ4n) is 2.28. The molecule has 0 atom stereocenters. The molecule has 2 rings (SSSR count). The molecule has 0 spiro atoms. The Morgan fingerprint density at radius 2 is 1.75 bits per heavy atom.